The molecule has 0 radical (unpaired) electrons. The molecular formula is C33H40ClNO13. The number of carbonyl (C=O) groups excluding carboxylic acids is 3. The minimum absolute atomic E-state index is 0. The van der Waals surface area contributed by atoms with Crippen LogP contribution < -0.4 is 10.5 Å². The Bertz CT molecular complexity index is 1620. The molecule has 2 fully saturated rings. The molecule has 0 amide bonds. The highest BCUT2D eigenvalue weighted by atomic mass is 35.5. The molecule has 6 rings (SSSR count). The summed E-state index contributed by atoms with van der Waals surface area (Å²) >= 11 is 0. The van der Waals surface area contributed by atoms with Crippen molar-refractivity contribution in [2.24, 2.45) is 5.73 Å². The summed E-state index contributed by atoms with van der Waals surface area (Å²) in [7, 11) is 1.33. The summed E-state index contributed by atoms with van der Waals surface area (Å²) in [6.45, 7) is 4.41. The second kappa shape index (κ2) is 13.3. The van der Waals surface area contributed by atoms with Crippen molar-refractivity contribution in [2.75, 3.05) is 7.11 Å². The number of ketones is 3. The van der Waals surface area contributed by atoms with Crippen LogP contribution in [0.4, 0.5) is 0 Å². The molecule has 2 aliphatic carbocycles. The number of rotatable bonds is 6. The predicted octanol–water partition coefficient (Wildman–Crippen LogP) is 1.33. The van der Waals surface area contributed by atoms with Crippen LogP contribution in [0.5, 0.6) is 17.2 Å². The van der Waals surface area contributed by atoms with E-state index in [0.29, 0.717) is 0 Å². The molecule has 4 aliphatic rings. The minimum Gasteiger partial charge on any atom is -0.507 e. The van der Waals surface area contributed by atoms with Gasteiger partial charge in [-0.05, 0) is 26.8 Å². The van der Waals surface area contributed by atoms with E-state index in [0.717, 1.165) is 0 Å². The molecule has 0 saturated carbocycles. The van der Waals surface area contributed by atoms with Gasteiger partial charge in [0.1, 0.15) is 29.0 Å². The Morgan fingerprint density at radius 3 is 2.19 bits per heavy atom. The van der Waals surface area contributed by atoms with Crippen LogP contribution in [-0.4, -0.2) is 105 Å². The van der Waals surface area contributed by atoms with E-state index in [-0.39, 0.29) is 59.7 Å². The van der Waals surface area contributed by atoms with E-state index in [1.807, 2.05) is 0 Å². The molecule has 8 unspecified atom stereocenters. The summed E-state index contributed by atoms with van der Waals surface area (Å²) in [5.41, 5.74) is 2.72. The van der Waals surface area contributed by atoms with Gasteiger partial charge in [-0.3, -0.25) is 14.4 Å². The zero-order chi connectivity index (χ0) is 34.1. The summed E-state index contributed by atoms with van der Waals surface area (Å²) in [6, 6.07) is 3.79. The molecule has 2 saturated heterocycles. The molecule has 15 heteroatoms. The van der Waals surface area contributed by atoms with Crippen LogP contribution in [0.25, 0.3) is 0 Å². The zero-order valence-corrected chi connectivity index (χ0v) is 27.6. The highest BCUT2D eigenvalue weighted by Crippen LogP contribution is 2.52. The molecule has 2 heterocycles. The van der Waals surface area contributed by atoms with Gasteiger partial charge in [0.25, 0.3) is 0 Å². The molecule has 262 valence electrons. The van der Waals surface area contributed by atoms with Crippen LogP contribution in [0.1, 0.15) is 89.1 Å². The monoisotopic (exact) mass is 693 g/mol. The van der Waals surface area contributed by atoms with E-state index in [9.17, 15) is 39.9 Å². The number of methoxy groups -OCH3 is 1. The number of hydrogen-bond donors (Lipinski definition) is 6. The maximum absolute atomic E-state index is 13.8. The van der Waals surface area contributed by atoms with Gasteiger partial charge in [0.2, 0.25) is 5.78 Å². The first-order chi connectivity index (χ1) is 22.2. The first-order valence-corrected chi connectivity index (χ1v) is 15.5. The molecule has 0 aromatic heterocycles. The lowest BCUT2D eigenvalue weighted by molar-refractivity contribution is -0.306. The Balaban J connectivity index is 0.00000451. The molecule has 10 atom stereocenters. The topological polar surface area (TPSA) is 225 Å². The number of Topliss-reactive ketones (excluding diaryl/α,β-unsaturated/α-hetero) is 1. The highest BCUT2D eigenvalue weighted by Gasteiger charge is 2.50. The van der Waals surface area contributed by atoms with Crippen LogP contribution >= 0.6 is 12.4 Å². The van der Waals surface area contributed by atoms with Crippen molar-refractivity contribution in [3.05, 3.63) is 51.6 Å². The van der Waals surface area contributed by atoms with Gasteiger partial charge >= 0.3 is 0 Å². The van der Waals surface area contributed by atoms with E-state index in [2.05, 4.69) is 0 Å². The van der Waals surface area contributed by atoms with Crippen LogP contribution in [0.2, 0.25) is 0 Å². The lowest BCUT2D eigenvalue weighted by Crippen LogP contribution is -2.55. The molecule has 7 N–H and O–H groups in total. The number of fused-ring (bicyclic) bond motifs is 3. The van der Waals surface area contributed by atoms with Crippen LogP contribution in [0.15, 0.2) is 18.2 Å². The number of aromatic hydroxyl groups is 2. The third-order valence-corrected chi connectivity index (χ3v) is 9.78. The van der Waals surface area contributed by atoms with Gasteiger partial charge in [-0.25, -0.2) is 0 Å². The molecule has 14 nitrogen and oxygen atoms in total. The predicted molar refractivity (Wildman–Crippen MR) is 167 cm³/mol. The Morgan fingerprint density at radius 1 is 0.938 bits per heavy atom. The Morgan fingerprint density at radius 2 is 1.56 bits per heavy atom. The number of aliphatic hydroxyl groups is 3. The maximum atomic E-state index is 13.8. The number of phenols is 2. The molecule has 48 heavy (non-hydrogen) atoms. The average Bonchev–Trinajstić information content (AvgIpc) is 3.02. The van der Waals surface area contributed by atoms with Crippen LogP contribution in [0, 0.1) is 0 Å². The number of phenolic OH excluding ortho intramolecular Hbond substituents is 2. The molecule has 2 aromatic rings. The molecule has 0 spiro atoms. The number of nitrogens with two attached hydrogens (primary N) is 1. The maximum Gasteiger partial charge on any atom is 0.202 e. The second-order valence-electron chi connectivity index (χ2n) is 12.8. The number of benzene rings is 2. The quantitative estimate of drug-likeness (QED) is 0.201. The Kier molecular flexibility index (Phi) is 9.98. The molecule has 2 aliphatic heterocycles. The van der Waals surface area contributed by atoms with Gasteiger partial charge < -0.3 is 55.0 Å². The summed E-state index contributed by atoms with van der Waals surface area (Å²) in [6.07, 6.45) is -8.41. The van der Waals surface area contributed by atoms with Crippen molar-refractivity contribution in [3.8, 4) is 17.2 Å². The van der Waals surface area contributed by atoms with Crippen molar-refractivity contribution in [3.63, 3.8) is 0 Å². The van der Waals surface area contributed by atoms with E-state index in [4.69, 9.17) is 29.4 Å². The third-order valence-electron chi connectivity index (χ3n) is 9.78. The van der Waals surface area contributed by atoms with Crippen molar-refractivity contribution in [1.82, 2.24) is 0 Å². The normalized spacial score (nSPS) is 34.4. The molecule has 0 bridgehead atoms. The van der Waals surface area contributed by atoms with Gasteiger partial charge in [-0.15, -0.1) is 12.4 Å². The number of hydrogen-bond acceptors (Lipinski definition) is 14. The van der Waals surface area contributed by atoms with E-state index < -0.39 is 107 Å². The van der Waals surface area contributed by atoms with E-state index in [1.165, 1.54) is 32.2 Å². The highest BCUT2D eigenvalue weighted by molar-refractivity contribution is 6.31. The molecule has 2 aromatic carbocycles. The summed E-state index contributed by atoms with van der Waals surface area (Å²) in [5.74, 6) is -3.37. The number of carbonyl (C=O) groups is 3. The minimum atomic E-state index is -2.07. The smallest absolute Gasteiger partial charge is 0.202 e. The van der Waals surface area contributed by atoms with Crippen LogP contribution in [0.3, 0.4) is 0 Å². The second-order valence-corrected chi connectivity index (χ2v) is 12.8. The lowest BCUT2D eigenvalue weighted by Gasteiger charge is -2.44. The first kappa shape index (κ1) is 36.1. The zero-order valence-electron chi connectivity index (χ0n) is 26.7. The van der Waals surface area contributed by atoms with Crippen molar-refractivity contribution in [1.29, 1.82) is 0 Å². The number of aliphatic hydroxyl groups excluding tert-OH is 2. The largest absolute Gasteiger partial charge is 0.507 e. The SMILES string of the molecule is COc1cccc2c1C(=O)c1c(O)c3c(c(O)c1C2=O)C[C@@](O)(C(C)=O)C[C@H]3OC1CC(OC2CC(N)C(O)C(C)O2)C(O)C(C)O1.Cl. The summed E-state index contributed by atoms with van der Waals surface area (Å²) < 4.78 is 29.3. The summed E-state index contributed by atoms with van der Waals surface area (Å²) in [5, 5.41) is 55.7. The number of ether oxygens (including phenoxy) is 5. The van der Waals surface area contributed by atoms with Crippen molar-refractivity contribution >= 4 is 29.8 Å². The van der Waals surface area contributed by atoms with Crippen molar-refractivity contribution < 1.29 is 63.6 Å². The third kappa shape index (κ3) is 5.88. The van der Waals surface area contributed by atoms with Gasteiger partial charge in [0.05, 0.1) is 54.3 Å². The fraction of sp³-hybridized carbons (Fsp3) is 0.545. The lowest BCUT2D eigenvalue weighted by atomic mass is 9.72. The first-order valence-electron chi connectivity index (χ1n) is 15.5. The van der Waals surface area contributed by atoms with E-state index >= 15 is 0 Å². The van der Waals surface area contributed by atoms with Crippen molar-refractivity contribution in [2.45, 2.75) is 107 Å². The Hall–Kier alpha value is -3.18. The summed E-state index contributed by atoms with van der Waals surface area (Å²) in [4.78, 5) is 40.3. The van der Waals surface area contributed by atoms with Gasteiger partial charge in [-0.1, -0.05) is 12.1 Å². The number of halogens is 1. The van der Waals surface area contributed by atoms with Crippen LogP contribution in [-0.2, 0) is 30.2 Å². The van der Waals surface area contributed by atoms with Gasteiger partial charge in [0, 0.05) is 48.4 Å². The fourth-order valence-electron chi connectivity index (χ4n) is 7.08. The van der Waals surface area contributed by atoms with Gasteiger partial charge in [0.15, 0.2) is 24.1 Å². The Labute approximate surface area is 282 Å². The van der Waals surface area contributed by atoms with E-state index in [1.54, 1.807) is 13.8 Å². The fourth-order valence-corrected chi connectivity index (χ4v) is 7.08. The standard InChI is InChI=1S/C33H39NO13.ClH/c1-12-27(36)17(34)8-21(44-12)46-19-9-22(45-13(2)28(19)37)47-20-11-33(42,14(3)35)10-16-24(20)32(41)26-25(30(16)39)29(38)15-6-5-7-18(43-4)23(15)31(26)40;/h5-7,12-13,17,19-22,27-28,36-37,39,41-42H,8-11,34H2,1-4H3;1H/t12?,13?,17?,19?,20-,21?,22?,27?,28?,33+;/m1./s1. The molecular weight excluding hydrogens is 654 g/mol. The average molecular weight is 694 g/mol. The van der Waals surface area contributed by atoms with Gasteiger partial charge in [-0.2, -0.15) is 0 Å².